The van der Waals surface area contributed by atoms with Gasteiger partial charge in [0.25, 0.3) is 0 Å². The average Bonchev–Trinajstić information content (AvgIpc) is 2.61. The van der Waals surface area contributed by atoms with Gasteiger partial charge in [-0.3, -0.25) is 10.1 Å². The topological polar surface area (TPSA) is 172 Å². The van der Waals surface area contributed by atoms with Crippen LogP contribution in [-0.4, -0.2) is 69.2 Å². The number of amides is 1. The van der Waals surface area contributed by atoms with E-state index >= 15 is 0 Å². The molecule has 5 atom stereocenters. The van der Waals surface area contributed by atoms with E-state index in [1.54, 1.807) is 12.1 Å². The Morgan fingerprint density at radius 1 is 1.07 bits per heavy atom. The van der Waals surface area contributed by atoms with Crippen LogP contribution in [0.25, 0.3) is 0 Å². The van der Waals surface area contributed by atoms with Gasteiger partial charge in [0.15, 0.2) is 6.10 Å². The summed E-state index contributed by atoms with van der Waals surface area (Å²) in [6.45, 7) is 1.34. The summed E-state index contributed by atoms with van der Waals surface area (Å²) in [6.07, 6.45) is -10.4. The predicted molar refractivity (Wildman–Crippen MR) is 86.3 cm³/mol. The number of carbonyl (C=O) groups is 3. The highest BCUT2D eigenvalue weighted by molar-refractivity contribution is 5.84. The summed E-state index contributed by atoms with van der Waals surface area (Å²) in [7, 11) is 0. The normalized spacial score (nSPS) is 27.5. The van der Waals surface area contributed by atoms with Crippen LogP contribution in [0.15, 0.2) is 24.3 Å². The van der Waals surface area contributed by atoms with E-state index < -0.39 is 48.7 Å². The number of aliphatic hydroxyl groups excluding tert-OH is 3. The summed E-state index contributed by atoms with van der Waals surface area (Å²) in [6, 6.07) is 6.17. The first-order valence-corrected chi connectivity index (χ1v) is 7.81. The molecule has 0 spiro atoms. The van der Waals surface area contributed by atoms with Gasteiger partial charge in [0, 0.05) is 12.6 Å². The number of hydrogen-bond acceptors (Lipinski definition) is 9. The molecule has 0 radical (unpaired) electrons. The molecule has 1 saturated heterocycles. The van der Waals surface area contributed by atoms with Crippen molar-refractivity contribution in [3.8, 4) is 0 Å². The molecular formula is C16H19NO10. The second-order valence-electron chi connectivity index (χ2n) is 5.74. The molecule has 2 rings (SSSR count). The summed E-state index contributed by atoms with van der Waals surface area (Å²) in [4.78, 5) is 33.7. The Kier molecular flexibility index (Phi) is 6.69. The van der Waals surface area contributed by atoms with E-state index in [0.29, 0.717) is 11.3 Å². The van der Waals surface area contributed by atoms with Crippen LogP contribution in [0.3, 0.4) is 0 Å². The van der Waals surface area contributed by atoms with Crippen LogP contribution in [-0.2, 0) is 30.4 Å². The van der Waals surface area contributed by atoms with Crippen molar-refractivity contribution >= 4 is 23.7 Å². The van der Waals surface area contributed by atoms with Crippen LogP contribution < -0.4 is 5.32 Å². The van der Waals surface area contributed by atoms with E-state index in [4.69, 9.17) is 19.3 Å². The summed E-state index contributed by atoms with van der Waals surface area (Å²) < 4.78 is 14.4. The number of aliphatic carboxylic acids is 1. The number of aliphatic hydroxyl groups is 3. The minimum absolute atomic E-state index is 0.0684. The quantitative estimate of drug-likeness (QED) is 0.404. The summed E-state index contributed by atoms with van der Waals surface area (Å²) >= 11 is 0. The number of nitrogens with one attached hydrogen (secondary N) is 1. The molecule has 148 valence electrons. The number of carboxylic acids is 1. The van der Waals surface area contributed by atoms with Gasteiger partial charge in [-0.05, 0) is 17.7 Å². The second kappa shape index (κ2) is 8.77. The molecule has 1 amide bonds. The second-order valence-corrected chi connectivity index (χ2v) is 5.74. The van der Waals surface area contributed by atoms with Crippen LogP contribution in [0, 0.1) is 0 Å². The Morgan fingerprint density at radius 3 is 2.26 bits per heavy atom. The summed E-state index contributed by atoms with van der Waals surface area (Å²) in [5.41, 5.74) is 0.976. The van der Waals surface area contributed by atoms with Gasteiger partial charge >= 0.3 is 18.0 Å². The molecule has 5 unspecified atom stereocenters. The molecule has 5 N–H and O–H groups in total. The van der Waals surface area contributed by atoms with Crippen molar-refractivity contribution in [2.24, 2.45) is 0 Å². The Morgan fingerprint density at radius 2 is 1.70 bits per heavy atom. The number of ether oxygens (including phenoxy) is 3. The standard InChI is InChI=1S/C16H19NO10/c1-7(18)25-6-8-2-4-9(5-3-8)17-16(24)27-15-12(21)10(19)11(20)13(26-15)14(22)23/h2-5,10-13,15,19-21H,6H2,1H3,(H,17,24)(H,22,23). The third-order valence-electron chi connectivity index (χ3n) is 3.68. The average molecular weight is 385 g/mol. The van der Waals surface area contributed by atoms with Gasteiger partial charge in [-0.15, -0.1) is 0 Å². The Balaban J connectivity index is 1.94. The number of carboxylic acid groups (broad SMARTS) is 1. The van der Waals surface area contributed by atoms with Crippen molar-refractivity contribution in [2.45, 2.75) is 44.2 Å². The summed E-state index contributed by atoms with van der Waals surface area (Å²) in [5, 5.41) is 40.3. The lowest BCUT2D eigenvalue weighted by molar-refractivity contribution is -0.277. The van der Waals surface area contributed by atoms with Crippen molar-refractivity contribution in [3.63, 3.8) is 0 Å². The van der Waals surface area contributed by atoms with Gasteiger partial charge in [-0.2, -0.15) is 0 Å². The fourth-order valence-corrected chi connectivity index (χ4v) is 2.27. The van der Waals surface area contributed by atoms with Gasteiger partial charge < -0.3 is 34.6 Å². The third kappa shape index (κ3) is 5.37. The van der Waals surface area contributed by atoms with Crippen molar-refractivity contribution in [1.82, 2.24) is 0 Å². The van der Waals surface area contributed by atoms with E-state index in [2.05, 4.69) is 5.32 Å². The fraction of sp³-hybridized carbons (Fsp3) is 0.438. The zero-order valence-electron chi connectivity index (χ0n) is 14.1. The molecular weight excluding hydrogens is 366 g/mol. The zero-order chi connectivity index (χ0) is 20.1. The first-order chi connectivity index (χ1) is 12.7. The molecule has 0 aromatic heterocycles. The minimum Gasteiger partial charge on any atom is -0.479 e. The molecule has 1 heterocycles. The van der Waals surface area contributed by atoms with Gasteiger partial charge in [0.05, 0.1) is 0 Å². The first kappa shape index (κ1) is 20.6. The van der Waals surface area contributed by atoms with Crippen molar-refractivity contribution < 1.29 is 49.0 Å². The molecule has 1 aromatic rings. The Bertz CT molecular complexity index is 691. The van der Waals surface area contributed by atoms with Crippen molar-refractivity contribution in [1.29, 1.82) is 0 Å². The predicted octanol–water partition coefficient (Wildman–Crippen LogP) is -0.810. The minimum atomic E-state index is -1.88. The third-order valence-corrected chi connectivity index (χ3v) is 3.68. The number of rotatable bonds is 5. The highest BCUT2D eigenvalue weighted by atomic mass is 16.7. The Labute approximate surface area is 153 Å². The largest absolute Gasteiger partial charge is 0.479 e. The fourth-order valence-electron chi connectivity index (χ4n) is 2.27. The van der Waals surface area contributed by atoms with Crippen LogP contribution >= 0.6 is 0 Å². The molecule has 1 fully saturated rings. The SMILES string of the molecule is CC(=O)OCc1ccc(NC(=O)OC2OC(C(=O)O)C(O)C(O)C2O)cc1. The highest BCUT2D eigenvalue weighted by Gasteiger charge is 2.48. The molecule has 11 heteroatoms. The maximum Gasteiger partial charge on any atom is 0.414 e. The molecule has 11 nitrogen and oxygen atoms in total. The molecule has 0 aliphatic carbocycles. The molecule has 27 heavy (non-hydrogen) atoms. The zero-order valence-corrected chi connectivity index (χ0v) is 14.1. The van der Waals surface area contributed by atoms with Crippen molar-refractivity contribution in [2.75, 3.05) is 5.32 Å². The van der Waals surface area contributed by atoms with Gasteiger partial charge in [0.1, 0.15) is 24.9 Å². The van der Waals surface area contributed by atoms with Crippen molar-refractivity contribution in [3.05, 3.63) is 29.8 Å². The Hall–Kier alpha value is -2.73. The molecule has 0 saturated carbocycles. The van der Waals surface area contributed by atoms with E-state index in [-0.39, 0.29) is 6.61 Å². The number of benzene rings is 1. The van der Waals surface area contributed by atoms with Crippen LogP contribution in [0.4, 0.5) is 10.5 Å². The number of carbonyl (C=O) groups excluding carboxylic acids is 2. The maximum absolute atomic E-state index is 11.9. The van der Waals surface area contributed by atoms with Gasteiger partial charge in [-0.1, -0.05) is 12.1 Å². The number of esters is 1. The lowest BCUT2D eigenvalue weighted by Gasteiger charge is -2.37. The van der Waals surface area contributed by atoms with E-state index in [1.807, 2.05) is 0 Å². The maximum atomic E-state index is 11.9. The van der Waals surface area contributed by atoms with E-state index in [1.165, 1.54) is 19.1 Å². The molecule has 1 aromatic carbocycles. The van der Waals surface area contributed by atoms with Crippen LogP contribution in [0.2, 0.25) is 0 Å². The highest BCUT2D eigenvalue weighted by Crippen LogP contribution is 2.23. The van der Waals surface area contributed by atoms with Gasteiger partial charge in [0.2, 0.25) is 6.29 Å². The number of hydrogen-bond donors (Lipinski definition) is 5. The molecule has 1 aliphatic heterocycles. The number of anilines is 1. The van der Waals surface area contributed by atoms with Crippen LogP contribution in [0.5, 0.6) is 0 Å². The smallest absolute Gasteiger partial charge is 0.414 e. The lowest BCUT2D eigenvalue weighted by atomic mass is 9.99. The lowest BCUT2D eigenvalue weighted by Crippen LogP contribution is -2.60. The van der Waals surface area contributed by atoms with Crippen LogP contribution in [0.1, 0.15) is 12.5 Å². The first-order valence-electron chi connectivity index (χ1n) is 7.81. The monoisotopic (exact) mass is 385 g/mol. The summed E-state index contributed by atoms with van der Waals surface area (Å²) in [5.74, 6) is -2.02. The van der Waals surface area contributed by atoms with Gasteiger partial charge in [-0.25, -0.2) is 9.59 Å². The molecule has 0 bridgehead atoms. The van der Waals surface area contributed by atoms with E-state index in [9.17, 15) is 29.7 Å². The van der Waals surface area contributed by atoms with E-state index in [0.717, 1.165) is 0 Å². The molecule has 1 aliphatic rings.